The Kier molecular flexibility index (Phi) is 366. The predicted octanol–water partition coefficient (Wildman–Crippen LogP) is 4.85. The Morgan fingerprint density at radius 3 is 0.636 bits per heavy atom. The summed E-state index contributed by atoms with van der Waals surface area (Å²) in [5.74, 6) is 0. The maximum atomic E-state index is 3.36. The molecule has 0 bridgehead atoms. The third-order valence-corrected chi connectivity index (χ3v) is 0. The van der Waals surface area contributed by atoms with Crippen molar-refractivity contribution in [2.24, 2.45) is 0 Å². The molecule has 11 heavy (non-hydrogen) atoms. The van der Waals surface area contributed by atoms with Crippen molar-refractivity contribution in [3.8, 4) is 0 Å². The SMILES string of the molecule is C.C.C=CC.C=CC.C=CC. The first-order valence-corrected chi connectivity index (χ1v) is 2.96. The van der Waals surface area contributed by atoms with Crippen molar-refractivity contribution in [2.75, 3.05) is 0 Å². The van der Waals surface area contributed by atoms with E-state index in [1.165, 1.54) is 0 Å². The smallest absolute Gasteiger partial charge is 0.0473 e. The average molecular weight is 158 g/mol. The highest BCUT2D eigenvalue weighted by atomic mass is 13.2. The van der Waals surface area contributed by atoms with Gasteiger partial charge in [0.05, 0.1) is 0 Å². The van der Waals surface area contributed by atoms with Crippen molar-refractivity contribution in [1.29, 1.82) is 0 Å². The van der Waals surface area contributed by atoms with Crippen LogP contribution in [-0.4, -0.2) is 0 Å². The van der Waals surface area contributed by atoms with E-state index < -0.39 is 0 Å². The van der Waals surface area contributed by atoms with E-state index in [1.807, 2.05) is 20.8 Å². The van der Waals surface area contributed by atoms with Crippen LogP contribution in [-0.2, 0) is 0 Å². The summed E-state index contributed by atoms with van der Waals surface area (Å²) in [5.41, 5.74) is 0. The van der Waals surface area contributed by atoms with E-state index in [0.717, 1.165) is 0 Å². The van der Waals surface area contributed by atoms with Crippen LogP contribution in [0.1, 0.15) is 35.6 Å². The highest BCUT2D eigenvalue weighted by Crippen LogP contribution is 1.38. The molecule has 0 aliphatic heterocycles. The van der Waals surface area contributed by atoms with Crippen LogP contribution in [0.5, 0.6) is 0 Å². The van der Waals surface area contributed by atoms with Crippen molar-refractivity contribution in [1.82, 2.24) is 0 Å². The largest absolute Gasteiger partial charge is 0.103 e. The van der Waals surface area contributed by atoms with Gasteiger partial charge in [-0.05, 0) is 20.8 Å². The van der Waals surface area contributed by atoms with Gasteiger partial charge in [0.1, 0.15) is 0 Å². The number of allylic oxidation sites excluding steroid dienone is 3. The maximum absolute atomic E-state index is 3.36. The highest BCUT2D eigenvalue weighted by molar-refractivity contribution is 4.52. The molecule has 0 heteroatoms. The summed E-state index contributed by atoms with van der Waals surface area (Å²) in [6.07, 6.45) is 5.25. The Bertz CT molecular complexity index is 36.8. The molecular weight excluding hydrogens is 132 g/mol. The lowest BCUT2D eigenvalue weighted by Crippen LogP contribution is -1.07. The van der Waals surface area contributed by atoms with Gasteiger partial charge >= 0.3 is 0 Å². The van der Waals surface area contributed by atoms with Gasteiger partial charge in [0.15, 0.2) is 0 Å². The fourth-order valence-corrected chi connectivity index (χ4v) is 0. The Balaban J connectivity index is -0.0000000150. The molecule has 0 heterocycles. The van der Waals surface area contributed by atoms with Crippen LogP contribution in [0.2, 0.25) is 0 Å². The third kappa shape index (κ3) is 790. The molecule has 0 amide bonds. The first-order valence-electron chi connectivity index (χ1n) is 2.96. The molecule has 0 aromatic heterocycles. The Morgan fingerprint density at radius 2 is 0.636 bits per heavy atom. The summed E-state index contributed by atoms with van der Waals surface area (Å²) in [5, 5.41) is 0. The third-order valence-electron chi connectivity index (χ3n) is 0. The molecule has 0 spiro atoms. The van der Waals surface area contributed by atoms with Gasteiger partial charge in [0, 0.05) is 0 Å². The van der Waals surface area contributed by atoms with Gasteiger partial charge in [-0.3, -0.25) is 0 Å². The molecule has 0 saturated carbocycles. The van der Waals surface area contributed by atoms with Crippen molar-refractivity contribution in [2.45, 2.75) is 35.6 Å². The Hall–Kier alpha value is -0.780. The second kappa shape index (κ2) is 126. The van der Waals surface area contributed by atoms with Crippen LogP contribution < -0.4 is 0 Å². The van der Waals surface area contributed by atoms with Gasteiger partial charge in [0.25, 0.3) is 0 Å². The fraction of sp³-hybridized carbons (Fsp3) is 0.455. The summed E-state index contributed by atoms with van der Waals surface area (Å²) in [4.78, 5) is 0. The number of hydrogen-bond donors (Lipinski definition) is 0. The first kappa shape index (κ1) is 31.9. The van der Waals surface area contributed by atoms with Gasteiger partial charge in [0.2, 0.25) is 0 Å². The minimum Gasteiger partial charge on any atom is -0.103 e. The van der Waals surface area contributed by atoms with Gasteiger partial charge in [-0.25, -0.2) is 0 Å². The lowest BCUT2D eigenvalue weighted by atomic mass is 10.8. The van der Waals surface area contributed by atoms with Crippen molar-refractivity contribution < 1.29 is 0 Å². The van der Waals surface area contributed by atoms with Gasteiger partial charge in [-0.2, -0.15) is 0 Å². The summed E-state index contributed by atoms with van der Waals surface area (Å²) in [6.45, 7) is 15.8. The molecule has 0 saturated heterocycles. The van der Waals surface area contributed by atoms with Crippen molar-refractivity contribution in [3.63, 3.8) is 0 Å². The lowest BCUT2D eigenvalue weighted by Gasteiger charge is -1.31. The highest BCUT2D eigenvalue weighted by Gasteiger charge is 1.15. The summed E-state index contributed by atoms with van der Waals surface area (Å²) in [7, 11) is 0. The molecule has 0 atom stereocenters. The van der Waals surface area contributed by atoms with Gasteiger partial charge in [-0.15, -0.1) is 19.7 Å². The first-order chi connectivity index (χ1) is 4.24. The van der Waals surface area contributed by atoms with Crippen LogP contribution >= 0.6 is 0 Å². The molecule has 0 unspecified atom stereocenters. The molecule has 0 aromatic rings. The monoisotopic (exact) mass is 158 g/mol. The van der Waals surface area contributed by atoms with Crippen LogP contribution in [0.4, 0.5) is 0 Å². The molecule has 0 aliphatic rings. The van der Waals surface area contributed by atoms with E-state index in [2.05, 4.69) is 19.7 Å². The fourth-order valence-electron chi connectivity index (χ4n) is 0. The van der Waals surface area contributed by atoms with Crippen LogP contribution in [0.15, 0.2) is 38.0 Å². The zero-order valence-electron chi connectivity index (χ0n) is 6.85. The Labute approximate surface area is 74.3 Å². The summed E-state index contributed by atoms with van der Waals surface area (Å²) in [6, 6.07) is 0. The topological polar surface area (TPSA) is 0 Å². The molecular formula is C11H26. The number of rotatable bonds is 0. The second-order valence-electron chi connectivity index (χ2n) is 1.22. The molecule has 70 valence electrons. The molecule has 0 aromatic carbocycles. The lowest BCUT2D eigenvalue weighted by molar-refractivity contribution is 1.80. The van der Waals surface area contributed by atoms with Crippen LogP contribution in [0, 0.1) is 0 Å². The summed E-state index contributed by atoms with van der Waals surface area (Å²) < 4.78 is 0. The standard InChI is InChI=1S/3C3H6.2CH4/c3*1-3-2;;/h3*3H,1H2,2H3;2*1H4. The molecule has 0 nitrogen and oxygen atoms in total. The van der Waals surface area contributed by atoms with Gasteiger partial charge in [-0.1, -0.05) is 33.1 Å². The van der Waals surface area contributed by atoms with E-state index in [0.29, 0.717) is 0 Å². The van der Waals surface area contributed by atoms with Crippen molar-refractivity contribution in [3.05, 3.63) is 38.0 Å². The zero-order chi connectivity index (χ0) is 8.12. The second-order valence-corrected chi connectivity index (χ2v) is 1.22. The minimum absolute atomic E-state index is 0. The normalized spacial score (nSPS) is 3.55. The molecule has 0 rings (SSSR count). The maximum Gasteiger partial charge on any atom is -0.0473 e. The van der Waals surface area contributed by atoms with E-state index in [1.54, 1.807) is 18.2 Å². The summed E-state index contributed by atoms with van der Waals surface area (Å²) >= 11 is 0. The average Bonchev–Trinajstić information content (AvgIpc) is 1.70. The van der Waals surface area contributed by atoms with Crippen molar-refractivity contribution >= 4 is 0 Å². The van der Waals surface area contributed by atoms with E-state index in [4.69, 9.17) is 0 Å². The molecule has 0 N–H and O–H groups in total. The predicted molar refractivity (Wildman–Crippen MR) is 61.1 cm³/mol. The minimum atomic E-state index is 0. The van der Waals surface area contributed by atoms with E-state index >= 15 is 0 Å². The van der Waals surface area contributed by atoms with Gasteiger partial charge < -0.3 is 0 Å². The van der Waals surface area contributed by atoms with Crippen LogP contribution in [0.25, 0.3) is 0 Å². The Morgan fingerprint density at radius 1 is 0.636 bits per heavy atom. The number of hydrogen-bond acceptors (Lipinski definition) is 0. The van der Waals surface area contributed by atoms with Crippen LogP contribution in [0.3, 0.4) is 0 Å². The molecule has 0 radical (unpaired) electrons. The zero-order valence-corrected chi connectivity index (χ0v) is 6.85. The quantitative estimate of drug-likeness (QED) is 0.442. The molecule has 0 fully saturated rings. The van der Waals surface area contributed by atoms with E-state index in [9.17, 15) is 0 Å². The molecule has 0 aliphatic carbocycles. The van der Waals surface area contributed by atoms with E-state index in [-0.39, 0.29) is 14.9 Å².